The van der Waals surface area contributed by atoms with Crippen molar-refractivity contribution in [2.45, 2.75) is 25.0 Å². The lowest BCUT2D eigenvalue weighted by Gasteiger charge is -2.31. The second-order valence-electron chi connectivity index (χ2n) is 8.89. The number of H-pyrrole nitrogens is 1. The van der Waals surface area contributed by atoms with Gasteiger partial charge in [0.05, 0.1) is 12.1 Å². The van der Waals surface area contributed by atoms with Gasteiger partial charge < -0.3 is 19.8 Å². The molecule has 6 rings (SSSR count). The number of rotatable bonds is 5. The molecule has 3 aromatic carbocycles. The van der Waals surface area contributed by atoms with Crippen LogP contribution in [0.25, 0.3) is 10.9 Å². The Morgan fingerprint density at radius 1 is 1.00 bits per heavy atom. The first-order valence-electron chi connectivity index (χ1n) is 11.7. The van der Waals surface area contributed by atoms with E-state index in [1.807, 2.05) is 36.4 Å². The maximum Gasteiger partial charge on any atom is 0.274 e. The zero-order chi connectivity index (χ0) is 24.6. The van der Waals surface area contributed by atoms with Crippen molar-refractivity contribution < 1.29 is 24.3 Å². The fourth-order valence-corrected chi connectivity index (χ4v) is 4.91. The highest BCUT2D eigenvalue weighted by Gasteiger charge is 2.34. The van der Waals surface area contributed by atoms with Crippen molar-refractivity contribution in [2.75, 3.05) is 6.79 Å². The molecule has 1 aromatic heterocycles. The number of nitrogens with one attached hydrogen (secondary N) is 4. The molecular formula is C27H24N4O5. The number of fused-ring (bicyclic) bond motifs is 4. The summed E-state index contributed by atoms with van der Waals surface area (Å²) in [5, 5.41) is 16.4. The van der Waals surface area contributed by atoms with Crippen molar-refractivity contribution in [1.82, 2.24) is 21.1 Å². The number of aromatic amines is 1. The largest absolute Gasteiger partial charge is 0.454 e. The van der Waals surface area contributed by atoms with E-state index in [2.05, 4.69) is 21.7 Å². The van der Waals surface area contributed by atoms with Crippen LogP contribution in [0.1, 0.15) is 38.8 Å². The van der Waals surface area contributed by atoms with Crippen molar-refractivity contribution >= 4 is 22.7 Å². The molecule has 0 aliphatic carbocycles. The Kier molecular flexibility index (Phi) is 5.55. The number of amides is 2. The first kappa shape index (κ1) is 22.1. The number of hydrogen-bond acceptors (Lipinski definition) is 6. The number of hydroxylamine groups is 1. The molecule has 0 radical (unpaired) electrons. The van der Waals surface area contributed by atoms with Crippen LogP contribution in [-0.4, -0.2) is 34.8 Å². The minimum absolute atomic E-state index is 0.117. The molecule has 0 saturated carbocycles. The number of aromatic nitrogens is 1. The highest BCUT2D eigenvalue weighted by Crippen LogP contribution is 2.39. The molecule has 0 fully saturated rings. The molecule has 0 unspecified atom stereocenters. The van der Waals surface area contributed by atoms with Gasteiger partial charge in [-0.1, -0.05) is 36.4 Å². The highest BCUT2D eigenvalue weighted by atomic mass is 16.7. The van der Waals surface area contributed by atoms with Crippen LogP contribution in [0.3, 0.4) is 0 Å². The van der Waals surface area contributed by atoms with Gasteiger partial charge in [-0.3, -0.25) is 20.1 Å². The summed E-state index contributed by atoms with van der Waals surface area (Å²) in [7, 11) is 0. The Hall–Kier alpha value is -4.34. The molecule has 36 heavy (non-hydrogen) atoms. The minimum atomic E-state index is -0.582. The van der Waals surface area contributed by atoms with E-state index in [1.165, 1.54) is 0 Å². The molecule has 2 amide bonds. The summed E-state index contributed by atoms with van der Waals surface area (Å²) in [6.45, 7) is 0.513. The number of ether oxygens (including phenoxy) is 2. The molecule has 9 nitrogen and oxygen atoms in total. The van der Waals surface area contributed by atoms with Crippen molar-refractivity contribution in [2.24, 2.45) is 0 Å². The summed E-state index contributed by atoms with van der Waals surface area (Å²) in [6.07, 6.45) is 0.543. The van der Waals surface area contributed by atoms with Gasteiger partial charge in [0, 0.05) is 28.7 Å². The average molecular weight is 485 g/mol. The second kappa shape index (κ2) is 9.03. The highest BCUT2D eigenvalue weighted by molar-refractivity contribution is 5.93. The zero-order valence-electron chi connectivity index (χ0n) is 19.2. The standard InChI is InChI=1S/C27H24N4O5/c32-26(31-34)16-7-5-15(6-8-16)13-28-27(33)21-12-19-18-3-1-2-4-20(18)29-25(19)24(30-21)17-9-10-22-23(11-17)36-14-35-22/h1-11,21,24,29-30,34H,12-14H2,(H,28,33)(H,31,32)/t21-,24+/m0/s1. The normalized spacial score (nSPS) is 18.0. The first-order valence-corrected chi connectivity index (χ1v) is 11.7. The molecule has 4 aromatic rings. The smallest absolute Gasteiger partial charge is 0.274 e. The van der Waals surface area contributed by atoms with E-state index in [0.717, 1.165) is 33.3 Å². The molecule has 2 aliphatic rings. The Morgan fingerprint density at radius 3 is 2.64 bits per heavy atom. The maximum absolute atomic E-state index is 13.3. The predicted octanol–water partition coefficient (Wildman–Crippen LogP) is 2.94. The molecule has 0 saturated heterocycles. The Bertz CT molecular complexity index is 1460. The molecule has 9 heteroatoms. The van der Waals surface area contributed by atoms with Gasteiger partial charge in [-0.15, -0.1) is 0 Å². The SMILES string of the molecule is O=C(NO)c1ccc(CNC(=O)[C@@H]2Cc3c([nH]c4ccccc34)[C@@H](c3ccc4c(c3)OCO4)N2)cc1. The maximum atomic E-state index is 13.3. The molecule has 2 aliphatic heterocycles. The van der Waals surface area contributed by atoms with Gasteiger partial charge in [0.15, 0.2) is 11.5 Å². The first-order chi connectivity index (χ1) is 17.6. The third-order valence-corrected chi connectivity index (χ3v) is 6.74. The van der Waals surface area contributed by atoms with E-state index in [1.54, 1.807) is 29.7 Å². The topological polar surface area (TPSA) is 125 Å². The summed E-state index contributed by atoms with van der Waals surface area (Å²) < 4.78 is 11.1. The van der Waals surface area contributed by atoms with Gasteiger partial charge in [0.2, 0.25) is 12.7 Å². The van der Waals surface area contributed by atoms with Crippen LogP contribution < -0.4 is 25.6 Å². The molecule has 0 bridgehead atoms. The zero-order valence-corrected chi connectivity index (χ0v) is 19.2. The lowest BCUT2D eigenvalue weighted by atomic mass is 9.90. The van der Waals surface area contributed by atoms with Gasteiger partial charge in [0.25, 0.3) is 5.91 Å². The third kappa shape index (κ3) is 3.94. The molecule has 2 atom stereocenters. The van der Waals surface area contributed by atoms with Crippen molar-refractivity contribution in [1.29, 1.82) is 0 Å². The van der Waals surface area contributed by atoms with Gasteiger partial charge >= 0.3 is 0 Å². The van der Waals surface area contributed by atoms with Crippen LogP contribution in [0.2, 0.25) is 0 Å². The van der Waals surface area contributed by atoms with E-state index in [9.17, 15) is 9.59 Å². The Labute approximate surface area is 206 Å². The lowest BCUT2D eigenvalue weighted by molar-refractivity contribution is -0.123. The van der Waals surface area contributed by atoms with Crippen molar-refractivity contribution in [3.8, 4) is 11.5 Å². The molecule has 182 valence electrons. The summed E-state index contributed by atoms with van der Waals surface area (Å²) in [4.78, 5) is 28.4. The van der Waals surface area contributed by atoms with Crippen LogP contribution >= 0.6 is 0 Å². The summed E-state index contributed by atoms with van der Waals surface area (Å²) >= 11 is 0. The fourth-order valence-electron chi connectivity index (χ4n) is 4.91. The van der Waals surface area contributed by atoms with E-state index < -0.39 is 11.9 Å². The Balaban J connectivity index is 1.26. The minimum Gasteiger partial charge on any atom is -0.454 e. The van der Waals surface area contributed by atoms with Gasteiger partial charge in [-0.2, -0.15) is 0 Å². The molecular weight excluding hydrogens is 460 g/mol. The van der Waals surface area contributed by atoms with Crippen molar-refractivity contribution in [3.63, 3.8) is 0 Å². The monoisotopic (exact) mass is 484 g/mol. The quantitative estimate of drug-likeness (QED) is 0.219. The van der Waals surface area contributed by atoms with Crippen LogP contribution in [0.4, 0.5) is 0 Å². The van der Waals surface area contributed by atoms with E-state index >= 15 is 0 Å². The second-order valence-corrected chi connectivity index (χ2v) is 8.89. The lowest BCUT2D eigenvalue weighted by Crippen LogP contribution is -2.49. The molecule has 0 spiro atoms. The van der Waals surface area contributed by atoms with E-state index in [-0.39, 0.29) is 18.7 Å². The van der Waals surface area contributed by atoms with E-state index in [0.29, 0.717) is 30.0 Å². The van der Waals surface area contributed by atoms with Crippen LogP contribution in [0, 0.1) is 0 Å². The van der Waals surface area contributed by atoms with Gasteiger partial charge in [0.1, 0.15) is 0 Å². The summed E-state index contributed by atoms with van der Waals surface area (Å²) in [5.41, 5.74) is 6.95. The fraction of sp³-hybridized carbons (Fsp3) is 0.185. The predicted molar refractivity (Wildman–Crippen MR) is 131 cm³/mol. The van der Waals surface area contributed by atoms with Gasteiger partial charge in [-0.25, -0.2) is 5.48 Å². The molecule has 3 heterocycles. The van der Waals surface area contributed by atoms with Crippen LogP contribution in [0.5, 0.6) is 11.5 Å². The summed E-state index contributed by atoms with van der Waals surface area (Å²) in [6, 6.07) is 20.0. The van der Waals surface area contributed by atoms with Crippen molar-refractivity contribution in [3.05, 3.63) is 94.7 Å². The van der Waals surface area contributed by atoms with Crippen LogP contribution in [-0.2, 0) is 17.8 Å². The number of para-hydroxylation sites is 1. The van der Waals surface area contributed by atoms with Crippen LogP contribution in [0.15, 0.2) is 66.7 Å². The van der Waals surface area contributed by atoms with E-state index in [4.69, 9.17) is 14.7 Å². The third-order valence-electron chi connectivity index (χ3n) is 6.74. The van der Waals surface area contributed by atoms with Gasteiger partial charge in [-0.05, 0) is 53.4 Å². The number of hydrogen-bond donors (Lipinski definition) is 5. The summed E-state index contributed by atoms with van der Waals surface area (Å²) in [5.74, 6) is 0.704. The Morgan fingerprint density at radius 2 is 1.81 bits per heavy atom. The average Bonchev–Trinajstić information content (AvgIpc) is 3.55. The molecule has 5 N–H and O–H groups in total. The number of carbonyl (C=O) groups excluding carboxylic acids is 2. The number of carbonyl (C=O) groups is 2. The number of benzene rings is 3.